The van der Waals surface area contributed by atoms with Gasteiger partial charge in [-0.2, -0.15) is 0 Å². The molecular formula is C19H16N2O6S. The molecule has 0 unspecified atom stereocenters. The molecule has 2 amide bonds. The Hall–Kier alpha value is -3.33. The van der Waals surface area contributed by atoms with Crippen LogP contribution in [0, 0.1) is 10.1 Å². The lowest BCUT2D eigenvalue weighted by molar-refractivity contribution is -0.384. The molecule has 1 saturated heterocycles. The van der Waals surface area contributed by atoms with E-state index in [2.05, 4.69) is 0 Å². The first-order valence-corrected chi connectivity index (χ1v) is 9.15. The molecule has 1 N–H and O–H groups in total. The highest BCUT2D eigenvalue weighted by molar-refractivity contribution is 8.18. The van der Waals surface area contributed by atoms with E-state index in [0.717, 1.165) is 16.7 Å². The van der Waals surface area contributed by atoms with E-state index >= 15 is 0 Å². The molecule has 2 aromatic carbocycles. The number of nitro benzene ring substituents is 1. The molecule has 0 bridgehead atoms. The molecule has 144 valence electrons. The lowest BCUT2D eigenvalue weighted by Gasteiger charge is -2.12. The van der Waals surface area contributed by atoms with Crippen LogP contribution in [-0.4, -0.2) is 32.7 Å². The predicted octanol–water partition coefficient (Wildman–Crippen LogP) is 3.94. The Kier molecular flexibility index (Phi) is 5.65. The second-order valence-corrected chi connectivity index (χ2v) is 6.81. The number of rotatable bonds is 6. The molecular weight excluding hydrogens is 384 g/mol. The second-order valence-electron chi connectivity index (χ2n) is 5.82. The summed E-state index contributed by atoms with van der Waals surface area (Å²) in [5.74, 6) is -0.303. The van der Waals surface area contributed by atoms with Crippen LogP contribution >= 0.6 is 11.8 Å². The van der Waals surface area contributed by atoms with Crippen LogP contribution in [0.4, 0.5) is 10.5 Å². The number of nitro groups is 1. The third-order valence-corrected chi connectivity index (χ3v) is 4.89. The molecule has 28 heavy (non-hydrogen) atoms. The quantitative estimate of drug-likeness (QED) is 0.444. The van der Waals surface area contributed by atoms with Crippen molar-refractivity contribution in [1.29, 1.82) is 0 Å². The molecule has 0 aliphatic carbocycles. The van der Waals surface area contributed by atoms with Gasteiger partial charge in [-0.15, -0.1) is 0 Å². The van der Waals surface area contributed by atoms with Crippen LogP contribution in [0.25, 0.3) is 6.08 Å². The number of phenols is 1. The first kappa shape index (κ1) is 19.4. The average molecular weight is 400 g/mol. The number of amides is 2. The second kappa shape index (κ2) is 8.13. The Bertz CT molecular complexity index is 971. The van der Waals surface area contributed by atoms with E-state index < -0.39 is 16.1 Å². The minimum absolute atomic E-state index is 0.00493. The van der Waals surface area contributed by atoms with Crippen molar-refractivity contribution in [2.24, 2.45) is 0 Å². The Morgan fingerprint density at radius 2 is 1.93 bits per heavy atom. The van der Waals surface area contributed by atoms with Crippen molar-refractivity contribution in [3.05, 3.63) is 68.6 Å². The van der Waals surface area contributed by atoms with Crippen LogP contribution < -0.4 is 4.74 Å². The maximum Gasteiger partial charge on any atom is 0.293 e. The van der Waals surface area contributed by atoms with Crippen LogP contribution in [0.5, 0.6) is 11.5 Å². The third-order valence-electron chi connectivity index (χ3n) is 3.98. The molecule has 0 aromatic heterocycles. The number of benzene rings is 2. The molecule has 0 saturated carbocycles. The summed E-state index contributed by atoms with van der Waals surface area (Å²) in [5, 5.41) is 20.5. The first-order chi connectivity index (χ1) is 13.4. The van der Waals surface area contributed by atoms with Gasteiger partial charge in [0.25, 0.3) is 16.8 Å². The van der Waals surface area contributed by atoms with E-state index in [1.54, 1.807) is 25.1 Å². The molecule has 8 nitrogen and oxygen atoms in total. The summed E-state index contributed by atoms with van der Waals surface area (Å²) in [6, 6.07) is 10.5. The van der Waals surface area contributed by atoms with Gasteiger partial charge in [0.1, 0.15) is 0 Å². The van der Waals surface area contributed by atoms with Crippen LogP contribution in [0.3, 0.4) is 0 Å². The van der Waals surface area contributed by atoms with Crippen LogP contribution in [-0.2, 0) is 11.3 Å². The van der Waals surface area contributed by atoms with Gasteiger partial charge in [-0.05, 0) is 36.4 Å². The number of nitrogens with zero attached hydrogens (tertiary/aromatic N) is 2. The van der Waals surface area contributed by atoms with Gasteiger partial charge < -0.3 is 9.84 Å². The number of ether oxygens (including phenoxy) is 1. The highest BCUT2D eigenvalue weighted by Gasteiger charge is 2.35. The summed E-state index contributed by atoms with van der Waals surface area (Å²) in [6.07, 6.45) is 1.44. The summed E-state index contributed by atoms with van der Waals surface area (Å²) < 4.78 is 5.32. The minimum atomic E-state index is -0.518. The van der Waals surface area contributed by atoms with Gasteiger partial charge >= 0.3 is 0 Å². The number of aromatic hydroxyl groups is 1. The van der Waals surface area contributed by atoms with E-state index in [-0.39, 0.29) is 22.9 Å². The van der Waals surface area contributed by atoms with Crippen molar-refractivity contribution in [1.82, 2.24) is 4.90 Å². The fraction of sp³-hybridized carbons (Fsp3) is 0.158. The monoisotopic (exact) mass is 400 g/mol. The number of non-ortho nitro benzene ring substituents is 1. The SMILES string of the molecule is CCOc1cccc(/C=C2\SC(=O)N(Cc3ccc([N+](=O)[O-])cc3)C2=O)c1O. The molecule has 9 heteroatoms. The average Bonchev–Trinajstić information content (AvgIpc) is 2.93. The van der Waals surface area contributed by atoms with Crippen molar-refractivity contribution < 1.29 is 24.4 Å². The van der Waals surface area contributed by atoms with Gasteiger partial charge in [-0.3, -0.25) is 24.6 Å². The molecule has 1 aliphatic heterocycles. The Balaban J connectivity index is 1.81. The standard InChI is InChI=1S/C19H16N2O6S/c1-2-27-15-5-3-4-13(17(15)22)10-16-18(23)20(19(24)28-16)11-12-6-8-14(9-7-12)21(25)26/h3-10,22H,2,11H2,1H3/b16-10-. The smallest absolute Gasteiger partial charge is 0.293 e. The maximum atomic E-state index is 12.6. The number of thioether (sulfide) groups is 1. The highest BCUT2D eigenvalue weighted by atomic mass is 32.2. The van der Waals surface area contributed by atoms with Crippen molar-refractivity contribution in [2.45, 2.75) is 13.5 Å². The Labute approximate surface area is 164 Å². The normalized spacial score (nSPS) is 15.3. The van der Waals surface area contributed by atoms with Crippen LogP contribution in [0.15, 0.2) is 47.4 Å². The summed E-state index contributed by atoms with van der Waals surface area (Å²) in [7, 11) is 0. The molecule has 0 radical (unpaired) electrons. The number of carbonyl (C=O) groups is 2. The van der Waals surface area contributed by atoms with Gasteiger partial charge in [-0.1, -0.05) is 24.3 Å². The number of hydrogen-bond acceptors (Lipinski definition) is 7. The number of phenolic OH excluding ortho intramolecular Hbond substituents is 1. The maximum absolute atomic E-state index is 12.6. The van der Waals surface area contributed by atoms with Gasteiger partial charge in [0.15, 0.2) is 11.5 Å². The largest absolute Gasteiger partial charge is 0.504 e. The van der Waals surface area contributed by atoms with Crippen LogP contribution in [0.1, 0.15) is 18.1 Å². The van der Waals surface area contributed by atoms with Crippen molar-refractivity contribution in [3.8, 4) is 11.5 Å². The van der Waals surface area contributed by atoms with Crippen molar-refractivity contribution >= 4 is 34.7 Å². The fourth-order valence-electron chi connectivity index (χ4n) is 2.61. The molecule has 1 aliphatic rings. The number of para-hydroxylation sites is 1. The van der Waals surface area contributed by atoms with Gasteiger partial charge in [-0.25, -0.2) is 0 Å². The zero-order chi connectivity index (χ0) is 20.3. The van der Waals surface area contributed by atoms with Gasteiger partial charge in [0.05, 0.1) is 23.0 Å². The summed E-state index contributed by atoms with van der Waals surface area (Å²) >= 11 is 0.770. The molecule has 1 fully saturated rings. The van der Waals surface area contributed by atoms with E-state index in [9.17, 15) is 24.8 Å². The number of carbonyl (C=O) groups excluding carboxylic acids is 2. The lowest BCUT2D eigenvalue weighted by atomic mass is 10.1. The molecule has 3 rings (SSSR count). The van der Waals surface area contributed by atoms with Gasteiger partial charge in [0.2, 0.25) is 0 Å². The van der Waals surface area contributed by atoms with Gasteiger partial charge in [0, 0.05) is 17.7 Å². The number of hydrogen-bond donors (Lipinski definition) is 1. The Morgan fingerprint density at radius 3 is 2.57 bits per heavy atom. The topological polar surface area (TPSA) is 110 Å². The van der Waals surface area contributed by atoms with E-state index in [1.807, 2.05) is 0 Å². The molecule has 2 aromatic rings. The zero-order valence-electron chi connectivity index (χ0n) is 14.8. The van der Waals surface area contributed by atoms with Crippen LogP contribution in [0.2, 0.25) is 0 Å². The summed E-state index contributed by atoms with van der Waals surface area (Å²) in [4.78, 5) is 36.3. The van der Waals surface area contributed by atoms with E-state index in [1.165, 1.54) is 30.3 Å². The van der Waals surface area contributed by atoms with E-state index in [0.29, 0.717) is 23.5 Å². The minimum Gasteiger partial charge on any atom is -0.504 e. The fourth-order valence-corrected chi connectivity index (χ4v) is 3.44. The van der Waals surface area contributed by atoms with E-state index in [4.69, 9.17) is 4.74 Å². The van der Waals surface area contributed by atoms with Crippen molar-refractivity contribution in [3.63, 3.8) is 0 Å². The summed E-state index contributed by atoms with van der Waals surface area (Å²) in [5.41, 5.74) is 0.893. The first-order valence-electron chi connectivity index (χ1n) is 8.34. The molecule has 0 spiro atoms. The predicted molar refractivity (Wildman–Crippen MR) is 104 cm³/mol. The molecule has 1 heterocycles. The Morgan fingerprint density at radius 1 is 1.21 bits per heavy atom. The van der Waals surface area contributed by atoms with Crippen molar-refractivity contribution in [2.75, 3.05) is 6.61 Å². The third kappa shape index (κ3) is 3.99. The zero-order valence-corrected chi connectivity index (χ0v) is 15.6. The lowest BCUT2D eigenvalue weighted by Crippen LogP contribution is -2.27. The number of imide groups is 1. The molecule has 0 atom stereocenters. The summed E-state index contributed by atoms with van der Waals surface area (Å²) in [6.45, 7) is 2.17. The highest BCUT2D eigenvalue weighted by Crippen LogP contribution is 2.37.